The van der Waals surface area contributed by atoms with E-state index in [0.29, 0.717) is 18.7 Å². The third kappa shape index (κ3) is 3.30. The molecule has 2 aromatic heterocycles. The van der Waals surface area contributed by atoms with Crippen molar-refractivity contribution in [3.05, 3.63) is 64.1 Å². The maximum atomic E-state index is 13.4. The van der Waals surface area contributed by atoms with Crippen LogP contribution in [0.1, 0.15) is 36.1 Å². The summed E-state index contributed by atoms with van der Waals surface area (Å²) in [5.74, 6) is -1.06. The molecule has 0 spiro atoms. The smallest absolute Gasteiger partial charge is 0.325 e. The average molecular weight is 472 g/mol. The summed E-state index contributed by atoms with van der Waals surface area (Å²) in [5.41, 5.74) is 2.95. The molecule has 2 aromatic carbocycles. The molecule has 1 aliphatic rings. The fourth-order valence-electron chi connectivity index (χ4n) is 4.49. The predicted octanol–water partition coefficient (Wildman–Crippen LogP) is 5.22. The number of hydrogen-bond donors (Lipinski definition) is 2. The first kappa shape index (κ1) is 19.3. The Morgan fingerprint density at radius 1 is 1.23 bits per heavy atom. The number of benzene rings is 2. The van der Waals surface area contributed by atoms with Gasteiger partial charge in [-0.1, -0.05) is 27.2 Å². The number of rotatable bonds is 4. The van der Waals surface area contributed by atoms with E-state index in [1.165, 1.54) is 12.1 Å². The van der Waals surface area contributed by atoms with Crippen LogP contribution in [0, 0.1) is 5.82 Å². The van der Waals surface area contributed by atoms with E-state index >= 15 is 0 Å². The lowest BCUT2D eigenvalue weighted by Gasteiger charge is -2.35. The molecule has 1 aliphatic heterocycles. The van der Waals surface area contributed by atoms with Gasteiger partial charge >= 0.3 is 5.97 Å². The monoisotopic (exact) mass is 471 g/mol. The second-order valence-electron chi connectivity index (χ2n) is 7.69. The summed E-state index contributed by atoms with van der Waals surface area (Å²) in [7, 11) is 0. The second kappa shape index (κ2) is 7.52. The Morgan fingerprint density at radius 3 is 2.77 bits per heavy atom. The Bertz CT molecular complexity index is 1240. The summed E-state index contributed by atoms with van der Waals surface area (Å²) < 4.78 is 19.7. The van der Waals surface area contributed by atoms with Crippen LogP contribution in [0.2, 0.25) is 0 Å². The Labute approximate surface area is 179 Å². The van der Waals surface area contributed by atoms with Gasteiger partial charge in [0.25, 0.3) is 0 Å². The lowest BCUT2D eigenvalue weighted by Crippen LogP contribution is -2.39. The van der Waals surface area contributed by atoms with Crippen molar-refractivity contribution < 1.29 is 18.8 Å². The molecule has 0 saturated carbocycles. The number of halogens is 2. The molecule has 0 unspecified atom stereocenters. The topological polar surface area (TPSA) is 82.4 Å². The summed E-state index contributed by atoms with van der Waals surface area (Å²) in [6.45, 7) is 1.25. The first-order chi connectivity index (χ1) is 14.5. The molecular formula is C22H19BrFN3O3. The highest BCUT2D eigenvalue weighted by Crippen LogP contribution is 2.37. The van der Waals surface area contributed by atoms with Crippen molar-refractivity contribution in [3.8, 4) is 0 Å². The maximum Gasteiger partial charge on any atom is 0.325 e. The fourth-order valence-corrected chi connectivity index (χ4v) is 4.85. The third-order valence-electron chi connectivity index (χ3n) is 5.95. The van der Waals surface area contributed by atoms with Crippen molar-refractivity contribution in [1.82, 2.24) is 15.0 Å². The molecular weight excluding hydrogens is 453 g/mol. The SMILES string of the molecule is O=C(O)[C@@H](c1c[nH]c2cc(Br)ccc12)N1CCC(c2noc3cc(F)ccc23)CC1. The van der Waals surface area contributed by atoms with E-state index < -0.39 is 12.0 Å². The molecule has 2 N–H and O–H groups in total. The minimum Gasteiger partial charge on any atom is -0.480 e. The van der Waals surface area contributed by atoms with Gasteiger partial charge in [-0.15, -0.1) is 0 Å². The third-order valence-corrected chi connectivity index (χ3v) is 6.44. The Hall–Kier alpha value is -2.71. The number of carboxylic acids is 1. The number of fused-ring (bicyclic) bond motifs is 2. The number of nitrogens with zero attached hydrogens (tertiary/aromatic N) is 2. The van der Waals surface area contributed by atoms with E-state index in [0.717, 1.165) is 44.9 Å². The van der Waals surface area contributed by atoms with Crippen LogP contribution < -0.4 is 0 Å². The number of aromatic amines is 1. The molecule has 5 rings (SSSR count). The van der Waals surface area contributed by atoms with Gasteiger partial charge in [0.1, 0.15) is 11.9 Å². The molecule has 0 aliphatic carbocycles. The normalized spacial score (nSPS) is 17.0. The molecule has 1 fully saturated rings. The molecule has 3 heterocycles. The van der Waals surface area contributed by atoms with E-state index in [2.05, 4.69) is 26.1 Å². The van der Waals surface area contributed by atoms with Crippen molar-refractivity contribution in [2.75, 3.05) is 13.1 Å². The zero-order valence-electron chi connectivity index (χ0n) is 15.9. The van der Waals surface area contributed by atoms with Gasteiger partial charge in [-0.2, -0.15) is 0 Å². The van der Waals surface area contributed by atoms with Crippen LogP contribution >= 0.6 is 15.9 Å². The maximum absolute atomic E-state index is 13.4. The molecule has 0 bridgehead atoms. The first-order valence-electron chi connectivity index (χ1n) is 9.79. The second-order valence-corrected chi connectivity index (χ2v) is 8.61. The van der Waals surface area contributed by atoms with Crippen LogP contribution in [-0.4, -0.2) is 39.2 Å². The highest BCUT2D eigenvalue weighted by atomic mass is 79.9. The molecule has 0 amide bonds. The number of carbonyl (C=O) groups is 1. The van der Waals surface area contributed by atoms with Crippen molar-refractivity contribution >= 4 is 43.8 Å². The minimum atomic E-state index is -0.861. The minimum absolute atomic E-state index is 0.154. The van der Waals surface area contributed by atoms with E-state index in [1.54, 1.807) is 12.3 Å². The molecule has 8 heteroatoms. The van der Waals surface area contributed by atoms with E-state index in [-0.39, 0.29) is 11.7 Å². The zero-order valence-corrected chi connectivity index (χ0v) is 17.5. The fraction of sp³-hybridized carbons (Fsp3) is 0.273. The predicted molar refractivity (Wildman–Crippen MR) is 114 cm³/mol. The van der Waals surface area contributed by atoms with Gasteiger partial charge in [-0.3, -0.25) is 9.69 Å². The van der Waals surface area contributed by atoms with Crippen LogP contribution in [0.25, 0.3) is 21.9 Å². The van der Waals surface area contributed by atoms with Gasteiger partial charge in [-0.25, -0.2) is 4.39 Å². The summed E-state index contributed by atoms with van der Waals surface area (Å²) in [5, 5.41) is 15.9. The van der Waals surface area contributed by atoms with Gasteiger partial charge < -0.3 is 14.6 Å². The zero-order chi connectivity index (χ0) is 20.8. The number of hydrogen-bond acceptors (Lipinski definition) is 4. The number of nitrogens with one attached hydrogen (secondary N) is 1. The molecule has 1 atom stereocenters. The molecule has 154 valence electrons. The number of aliphatic carboxylic acids is 1. The van der Waals surface area contributed by atoms with E-state index in [9.17, 15) is 14.3 Å². The number of piperidine rings is 1. The first-order valence-corrected chi connectivity index (χ1v) is 10.6. The highest BCUT2D eigenvalue weighted by Gasteiger charge is 2.34. The van der Waals surface area contributed by atoms with Crippen molar-refractivity contribution in [1.29, 1.82) is 0 Å². The summed E-state index contributed by atoms with van der Waals surface area (Å²) in [4.78, 5) is 17.4. The van der Waals surface area contributed by atoms with Gasteiger partial charge in [0, 0.05) is 44.5 Å². The van der Waals surface area contributed by atoms with Crippen LogP contribution in [0.3, 0.4) is 0 Å². The molecule has 4 aromatic rings. The quantitative estimate of drug-likeness (QED) is 0.426. The van der Waals surface area contributed by atoms with Crippen molar-refractivity contribution in [2.45, 2.75) is 24.8 Å². The van der Waals surface area contributed by atoms with Crippen LogP contribution in [0.5, 0.6) is 0 Å². The number of aromatic nitrogens is 2. The molecule has 1 saturated heterocycles. The number of carboxylic acid groups (broad SMARTS) is 1. The van der Waals surface area contributed by atoms with Gasteiger partial charge in [0.2, 0.25) is 0 Å². The summed E-state index contributed by atoms with van der Waals surface area (Å²) >= 11 is 3.45. The molecule has 0 radical (unpaired) electrons. The largest absolute Gasteiger partial charge is 0.480 e. The van der Waals surface area contributed by atoms with Gasteiger partial charge in [0.05, 0.1) is 5.69 Å². The lowest BCUT2D eigenvalue weighted by atomic mass is 9.90. The van der Waals surface area contributed by atoms with Crippen LogP contribution in [0.15, 0.2) is 51.6 Å². The van der Waals surface area contributed by atoms with Crippen molar-refractivity contribution in [2.24, 2.45) is 0 Å². The van der Waals surface area contributed by atoms with Gasteiger partial charge in [-0.05, 0) is 50.2 Å². The van der Waals surface area contributed by atoms with E-state index in [4.69, 9.17) is 4.52 Å². The molecule has 30 heavy (non-hydrogen) atoms. The van der Waals surface area contributed by atoms with Crippen molar-refractivity contribution in [3.63, 3.8) is 0 Å². The average Bonchev–Trinajstić information content (AvgIpc) is 3.32. The lowest BCUT2D eigenvalue weighted by molar-refractivity contribution is -0.144. The summed E-state index contributed by atoms with van der Waals surface area (Å²) in [6.07, 6.45) is 3.31. The van der Waals surface area contributed by atoms with Gasteiger partial charge in [0.15, 0.2) is 5.58 Å². The Morgan fingerprint density at radius 2 is 2.00 bits per heavy atom. The van der Waals surface area contributed by atoms with E-state index in [1.807, 2.05) is 23.1 Å². The standard InChI is InChI=1S/C22H19BrFN3O3/c23-13-1-3-15-17(11-25-18(15)9-13)21(22(28)29)27-7-5-12(6-8-27)20-16-4-2-14(24)10-19(16)30-26-20/h1-4,9-12,21,25H,5-8H2,(H,28,29)/t21-/m1/s1. The Balaban J connectivity index is 1.39. The summed E-state index contributed by atoms with van der Waals surface area (Å²) in [6, 6.07) is 9.54. The van der Waals surface area contributed by atoms with Crippen LogP contribution in [0.4, 0.5) is 4.39 Å². The molecule has 6 nitrogen and oxygen atoms in total. The number of H-pyrrole nitrogens is 1. The number of likely N-dealkylation sites (tertiary alicyclic amines) is 1. The Kier molecular flexibility index (Phi) is 4.83. The van der Waals surface area contributed by atoms with Crippen LogP contribution in [-0.2, 0) is 4.79 Å². The highest BCUT2D eigenvalue weighted by molar-refractivity contribution is 9.10.